The van der Waals surface area contributed by atoms with Crippen LogP contribution in [0.3, 0.4) is 0 Å². The highest BCUT2D eigenvalue weighted by Gasteiger charge is 2.44. The minimum atomic E-state index is -4.60. The van der Waals surface area contributed by atoms with Crippen LogP contribution in [0.4, 0.5) is 24.5 Å². The number of thiocarbonyl (C=S) groups is 1. The van der Waals surface area contributed by atoms with Crippen LogP contribution in [0.5, 0.6) is 0 Å². The highest BCUT2D eigenvalue weighted by atomic mass is 32.1. The molecule has 2 amide bonds. The fraction of sp³-hybridized carbons (Fsp3) is 0.214. The lowest BCUT2D eigenvalue weighted by Gasteiger charge is -2.24. The second-order valence-electron chi connectivity index (χ2n) is 8.77. The number of alkyl halides is 3. The number of carbonyl (C=O) groups excluding carboxylic acids is 3. The molecule has 0 spiro atoms. The lowest BCUT2D eigenvalue weighted by Crippen LogP contribution is -2.39. The van der Waals surface area contributed by atoms with Gasteiger partial charge in [0, 0.05) is 12.2 Å². The Bertz CT molecular complexity index is 1380. The number of rotatable bonds is 8. The Morgan fingerprint density at radius 3 is 2.33 bits per heavy atom. The van der Waals surface area contributed by atoms with Gasteiger partial charge in [0.25, 0.3) is 5.91 Å². The average molecular weight is 556 g/mol. The van der Waals surface area contributed by atoms with Gasteiger partial charge in [0.05, 0.1) is 30.3 Å². The van der Waals surface area contributed by atoms with Crippen LogP contribution in [0.15, 0.2) is 78.9 Å². The number of hydrogen-bond acceptors (Lipinski definition) is 5. The molecule has 0 radical (unpaired) electrons. The van der Waals surface area contributed by atoms with E-state index in [4.69, 9.17) is 12.2 Å². The van der Waals surface area contributed by atoms with Gasteiger partial charge in [0.1, 0.15) is 6.04 Å². The molecule has 1 unspecified atom stereocenters. The van der Waals surface area contributed by atoms with Gasteiger partial charge in [-0.15, -0.1) is 0 Å². The van der Waals surface area contributed by atoms with Crippen LogP contribution in [0.25, 0.3) is 0 Å². The summed E-state index contributed by atoms with van der Waals surface area (Å²) in [4.78, 5) is 40.7. The standard InChI is InChI=1S/C28H24F3N3O4S/c1-38-26(37)19-10-12-21(13-11-19)32-24(35)17-23-25(36)34(22-9-5-8-20(16-22)28(29,30)31)27(39)33(23)15-14-18-6-3-2-4-7-18/h2-13,16,23H,14-15,17H2,1H3,(H,32,35). The number of anilines is 2. The molecule has 1 atom stereocenters. The molecule has 1 heterocycles. The lowest BCUT2D eigenvalue weighted by atomic mass is 10.1. The van der Waals surface area contributed by atoms with Crippen molar-refractivity contribution in [3.8, 4) is 0 Å². The molecule has 7 nitrogen and oxygen atoms in total. The maximum absolute atomic E-state index is 13.5. The normalized spacial score (nSPS) is 15.4. The van der Waals surface area contributed by atoms with Crippen molar-refractivity contribution in [2.45, 2.75) is 25.1 Å². The first-order valence-electron chi connectivity index (χ1n) is 11.9. The van der Waals surface area contributed by atoms with Gasteiger partial charge in [-0.05, 0) is 66.7 Å². The van der Waals surface area contributed by atoms with Crippen LogP contribution in [-0.4, -0.2) is 47.5 Å². The van der Waals surface area contributed by atoms with Gasteiger partial charge < -0.3 is 15.0 Å². The summed E-state index contributed by atoms with van der Waals surface area (Å²) in [6.45, 7) is 0.274. The number of benzene rings is 3. The van der Waals surface area contributed by atoms with Crippen LogP contribution in [0.2, 0.25) is 0 Å². The first kappa shape index (κ1) is 27.8. The van der Waals surface area contributed by atoms with Crippen molar-refractivity contribution in [2.24, 2.45) is 0 Å². The molecular weight excluding hydrogens is 531 g/mol. The Kier molecular flexibility index (Phi) is 8.29. The molecule has 0 aliphatic carbocycles. The molecule has 11 heteroatoms. The molecule has 202 valence electrons. The van der Waals surface area contributed by atoms with Crippen molar-refractivity contribution in [2.75, 3.05) is 23.9 Å². The Labute approximate surface area is 228 Å². The number of nitrogens with one attached hydrogen (secondary N) is 1. The molecule has 1 N–H and O–H groups in total. The maximum atomic E-state index is 13.5. The topological polar surface area (TPSA) is 78.9 Å². The van der Waals surface area contributed by atoms with Gasteiger partial charge in [0.2, 0.25) is 5.91 Å². The molecule has 3 aromatic rings. The van der Waals surface area contributed by atoms with E-state index in [1.807, 2.05) is 30.3 Å². The predicted octanol–water partition coefficient (Wildman–Crippen LogP) is 5.07. The summed E-state index contributed by atoms with van der Waals surface area (Å²) < 4.78 is 44.7. The zero-order valence-corrected chi connectivity index (χ0v) is 21.6. The van der Waals surface area contributed by atoms with E-state index in [-0.39, 0.29) is 23.8 Å². The van der Waals surface area contributed by atoms with Crippen molar-refractivity contribution in [3.05, 3.63) is 95.6 Å². The minimum Gasteiger partial charge on any atom is -0.465 e. The fourth-order valence-electron chi connectivity index (χ4n) is 4.24. The molecule has 1 aliphatic heterocycles. The quantitative estimate of drug-likeness (QED) is 0.309. The molecule has 0 bridgehead atoms. The van der Waals surface area contributed by atoms with E-state index in [2.05, 4.69) is 10.1 Å². The summed E-state index contributed by atoms with van der Waals surface area (Å²) in [6.07, 6.45) is -4.39. The molecule has 4 rings (SSSR count). The van der Waals surface area contributed by atoms with Crippen molar-refractivity contribution in [3.63, 3.8) is 0 Å². The van der Waals surface area contributed by atoms with Crippen LogP contribution in [-0.2, 0) is 26.9 Å². The van der Waals surface area contributed by atoms with Crippen LogP contribution in [0, 0.1) is 0 Å². The third-order valence-corrected chi connectivity index (χ3v) is 6.62. The number of carbonyl (C=O) groups is 3. The summed E-state index contributed by atoms with van der Waals surface area (Å²) in [6, 6.07) is 18.8. The van der Waals surface area contributed by atoms with E-state index in [1.54, 1.807) is 4.90 Å². The van der Waals surface area contributed by atoms with Gasteiger partial charge in [0.15, 0.2) is 5.11 Å². The summed E-state index contributed by atoms with van der Waals surface area (Å²) in [7, 11) is 1.26. The fourth-order valence-corrected chi connectivity index (χ4v) is 4.65. The third kappa shape index (κ3) is 6.43. The molecule has 0 saturated carbocycles. The number of nitrogens with zero attached hydrogens (tertiary/aromatic N) is 2. The van der Waals surface area contributed by atoms with Gasteiger partial charge in [-0.1, -0.05) is 36.4 Å². The Hall–Kier alpha value is -4.25. The van der Waals surface area contributed by atoms with Gasteiger partial charge in [-0.25, -0.2) is 4.79 Å². The van der Waals surface area contributed by atoms with E-state index in [0.717, 1.165) is 22.6 Å². The van der Waals surface area contributed by atoms with E-state index in [1.165, 1.54) is 43.5 Å². The average Bonchev–Trinajstić information content (AvgIpc) is 3.15. The largest absolute Gasteiger partial charge is 0.465 e. The predicted molar refractivity (Wildman–Crippen MR) is 143 cm³/mol. The monoisotopic (exact) mass is 555 g/mol. The SMILES string of the molecule is COC(=O)c1ccc(NC(=O)CC2C(=O)N(c3cccc(C(F)(F)F)c3)C(=S)N2CCc2ccccc2)cc1. The number of halogens is 3. The van der Waals surface area contributed by atoms with Crippen molar-refractivity contribution in [1.82, 2.24) is 4.90 Å². The van der Waals surface area contributed by atoms with E-state index < -0.39 is 35.6 Å². The lowest BCUT2D eigenvalue weighted by molar-refractivity contribution is -0.137. The highest BCUT2D eigenvalue weighted by Crippen LogP contribution is 2.34. The second-order valence-corrected chi connectivity index (χ2v) is 9.14. The maximum Gasteiger partial charge on any atom is 0.416 e. The molecule has 0 aromatic heterocycles. The van der Waals surface area contributed by atoms with Crippen molar-refractivity contribution < 1.29 is 32.3 Å². The number of ether oxygens (including phenoxy) is 1. The van der Waals surface area contributed by atoms with E-state index in [0.29, 0.717) is 17.7 Å². The number of amides is 2. The van der Waals surface area contributed by atoms with Crippen LogP contribution >= 0.6 is 12.2 Å². The van der Waals surface area contributed by atoms with Gasteiger partial charge >= 0.3 is 12.1 Å². The Morgan fingerprint density at radius 2 is 1.69 bits per heavy atom. The van der Waals surface area contributed by atoms with Crippen molar-refractivity contribution in [1.29, 1.82) is 0 Å². The summed E-state index contributed by atoms with van der Waals surface area (Å²) in [5.41, 5.74) is 0.731. The molecular formula is C28H24F3N3O4S. The number of esters is 1. The first-order valence-corrected chi connectivity index (χ1v) is 12.3. The summed E-state index contributed by atoms with van der Waals surface area (Å²) in [5, 5.41) is 2.71. The molecule has 39 heavy (non-hydrogen) atoms. The zero-order chi connectivity index (χ0) is 28.2. The van der Waals surface area contributed by atoms with E-state index >= 15 is 0 Å². The molecule has 1 fully saturated rings. The molecule has 1 aliphatic rings. The zero-order valence-electron chi connectivity index (χ0n) is 20.8. The second kappa shape index (κ2) is 11.6. The first-order chi connectivity index (χ1) is 18.6. The molecule has 3 aromatic carbocycles. The Balaban J connectivity index is 1.56. The van der Waals surface area contributed by atoms with Gasteiger partial charge in [-0.2, -0.15) is 13.2 Å². The van der Waals surface area contributed by atoms with Gasteiger partial charge in [-0.3, -0.25) is 14.5 Å². The number of methoxy groups -OCH3 is 1. The smallest absolute Gasteiger partial charge is 0.416 e. The minimum absolute atomic E-state index is 0.0224. The summed E-state index contributed by atoms with van der Waals surface area (Å²) in [5.74, 6) is -1.62. The summed E-state index contributed by atoms with van der Waals surface area (Å²) >= 11 is 5.56. The van der Waals surface area contributed by atoms with Crippen LogP contribution < -0.4 is 10.2 Å². The highest BCUT2D eigenvalue weighted by molar-refractivity contribution is 7.80. The Morgan fingerprint density at radius 1 is 1.00 bits per heavy atom. The number of hydrogen-bond donors (Lipinski definition) is 1. The van der Waals surface area contributed by atoms with Crippen LogP contribution in [0.1, 0.15) is 27.9 Å². The van der Waals surface area contributed by atoms with E-state index in [9.17, 15) is 27.6 Å². The molecule has 1 saturated heterocycles. The third-order valence-electron chi connectivity index (χ3n) is 6.20. The van der Waals surface area contributed by atoms with Crippen molar-refractivity contribution >= 4 is 46.5 Å².